The Morgan fingerprint density at radius 3 is 2.05 bits per heavy atom. The van der Waals surface area contributed by atoms with E-state index in [0.717, 1.165) is 12.1 Å². The lowest BCUT2D eigenvalue weighted by Gasteiger charge is -2.30. The first kappa shape index (κ1) is 16.5. The van der Waals surface area contributed by atoms with Crippen LogP contribution in [0.2, 0.25) is 5.02 Å². The molecule has 0 heterocycles. The molecule has 0 saturated carbocycles. The largest absolute Gasteiger partial charge is 0.421 e. The molecule has 2 aromatic rings. The number of carbonyl (C=O) groups is 1. The maximum Gasteiger partial charge on any atom is 0.421 e. The Hall–Kier alpha value is -1.85. The number of carbonyl (C=O) groups excluding carboxylic acids is 1. The maximum absolute atomic E-state index is 13.3. The highest BCUT2D eigenvalue weighted by Gasteiger charge is 2.55. The molecule has 1 unspecified atom stereocenters. The van der Waals surface area contributed by atoms with Crippen LogP contribution in [0.4, 0.5) is 13.2 Å². The van der Waals surface area contributed by atoms with Crippen molar-refractivity contribution in [3.63, 3.8) is 0 Å². The van der Waals surface area contributed by atoms with Crippen LogP contribution >= 0.6 is 11.6 Å². The zero-order chi connectivity index (χ0) is 16.4. The Balaban J connectivity index is 2.39. The zero-order valence-corrected chi connectivity index (χ0v) is 12.0. The number of benzene rings is 2. The van der Waals surface area contributed by atoms with Gasteiger partial charge in [0.15, 0.2) is 11.4 Å². The lowest BCUT2D eigenvalue weighted by molar-refractivity contribution is -0.264. The van der Waals surface area contributed by atoms with Crippen LogP contribution in [0.25, 0.3) is 0 Å². The maximum atomic E-state index is 13.3. The molecule has 6 heteroatoms. The highest BCUT2D eigenvalue weighted by atomic mass is 35.5. The van der Waals surface area contributed by atoms with E-state index in [2.05, 4.69) is 0 Å². The van der Waals surface area contributed by atoms with Crippen molar-refractivity contribution in [1.29, 1.82) is 0 Å². The fraction of sp³-hybridized carbons (Fsp3) is 0.188. The third-order valence-electron chi connectivity index (χ3n) is 3.30. The zero-order valence-electron chi connectivity index (χ0n) is 11.3. The average molecular weight is 329 g/mol. The van der Waals surface area contributed by atoms with Gasteiger partial charge in [-0.1, -0.05) is 54.1 Å². The SMILES string of the molecule is O=C(CC(O)(c1ccc(Cl)cc1)C(F)(F)F)c1ccccc1. The van der Waals surface area contributed by atoms with E-state index in [-0.39, 0.29) is 10.6 Å². The Morgan fingerprint density at radius 1 is 1.00 bits per heavy atom. The first-order valence-corrected chi connectivity index (χ1v) is 6.75. The highest BCUT2D eigenvalue weighted by molar-refractivity contribution is 6.30. The summed E-state index contributed by atoms with van der Waals surface area (Å²) in [6.07, 6.45) is -6.09. The van der Waals surface area contributed by atoms with Crippen molar-refractivity contribution in [2.75, 3.05) is 0 Å². The fourth-order valence-corrected chi connectivity index (χ4v) is 2.18. The summed E-state index contributed by atoms with van der Waals surface area (Å²) >= 11 is 5.65. The molecular formula is C16H12ClF3O2. The number of alkyl halides is 3. The van der Waals surface area contributed by atoms with Crippen LogP contribution in [0.5, 0.6) is 0 Å². The van der Waals surface area contributed by atoms with Crippen LogP contribution in [0.1, 0.15) is 22.3 Å². The third-order valence-corrected chi connectivity index (χ3v) is 3.55. The molecule has 2 rings (SSSR count). The molecule has 0 amide bonds. The van der Waals surface area contributed by atoms with Crippen LogP contribution in [-0.4, -0.2) is 17.1 Å². The van der Waals surface area contributed by atoms with Crippen molar-refractivity contribution in [2.45, 2.75) is 18.2 Å². The summed E-state index contributed by atoms with van der Waals surface area (Å²) in [5.41, 5.74) is -3.57. The molecule has 0 saturated heterocycles. The summed E-state index contributed by atoms with van der Waals surface area (Å²) in [7, 11) is 0. The predicted octanol–water partition coefficient (Wildman–Crippen LogP) is 4.36. The van der Waals surface area contributed by atoms with Crippen LogP contribution in [0, 0.1) is 0 Å². The number of hydrogen-bond donors (Lipinski definition) is 1. The van der Waals surface area contributed by atoms with E-state index >= 15 is 0 Å². The third kappa shape index (κ3) is 3.31. The lowest BCUT2D eigenvalue weighted by Crippen LogP contribution is -2.44. The van der Waals surface area contributed by atoms with Gasteiger partial charge in [-0.05, 0) is 17.7 Å². The van der Waals surface area contributed by atoms with E-state index in [1.54, 1.807) is 18.2 Å². The van der Waals surface area contributed by atoms with E-state index in [4.69, 9.17) is 11.6 Å². The fourth-order valence-electron chi connectivity index (χ4n) is 2.05. The van der Waals surface area contributed by atoms with Crippen LogP contribution in [0.3, 0.4) is 0 Å². The number of Topliss-reactive ketones (excluding diaryl/α,β-unsaturated/α-hetero) is 1. The van der Waals surface area contributed by atoms with Crippen molar-refractivity contribution >= 4 is 17.4 Å². The van der Waals surface area contributed by atoms with Crippen LogP contribution < -0.4 is 0 Å². The molecule has 0 aliphatic heterocycles. The standard InChI is InChI=1S/C16H12ClF3O2/c17-13-8-6-12(7-9-13)15(22,16(18,19)20)10-14(21)11-4-2-1-3-5-11/h1-9,22H,10H2. The Labute approximate surface area is 130 Å². The highest BCUT2D eigenvalue weighted by Crippen LogP contribution is 2.42. The lowest BCUT2D eigenvalue weighted by atomic mass is 9.86. The van der Waals surface area contributed by atoms with Crippen molar-refractivity contribution < 1.29 is 23.1 Å². The smallest absolute Gasteiger partial charge is 0.376 e. The quantitative estimate of drug-likeness (QED) is 0.847. The van der Waals surface area contributed by atoms with Gasteiger partial charge in [0.2, 0.25) is 0 Å². The first-order valence-electron chi connectivity index (χ1n) is 6.37. The molecule has 0 aliphatic carbocycles. The van der Waals surface area contributed by atoms with Crippen molar-refractivity contribution in [1.82, 2.24) is 0 Å². The Morgan fingerprint density at radius 2 is 1.55 bits per heavy atom. The van der Waals surface area contributed by atoms with Crippen molar-refractivity contribution in [3.05, 3.63) is 70.7 Å². The van der Waals surface area contributed by atoms with E-state index in [0.29, 0.717) is 0 Å². The van der Waals surface area contributed by atoms with Crippen molar-refractivity contribution in [3.8, 4) is 0 Å². The molecule has 116 valence electrons. The molecule has 1 atom stereocenters. The number of rotatable bonds is 4. The van der Waals surface area contributed by atoms with Crippen LogP contribution in [-0.2, 0) is 5.60 Å². The monoisotopic (exact) mass is 328 g/mol. The van der Waals surface area contributed by atoms with Gasteiger partial charge in [0.1, 0.15) is 0 Å². The molecule has 0 bridgehead atoms. The van der Waals surface area contributed by atoms with E-state index in [1.807, 2.05) is 0 Å². The van der Waals surface area contributed by atoms with Gasteiger partial charge in [0.25, 0.3) is 0 Å². The molecule has 1 N–H and O–H groups in total. The summed E-state index contributed by atoms with van der Waals surface area (Å²) in [6, 6.07) is 12.1. The molecule has 0 radical (unpaired) electrons. The summed E-state index contributed by atoms with van der Waals surface area (Å²) in [4.78, 5) is 12.1. The van der Waals surface area contributed by atoms with Gasteiger partial charge in [-0.3, -0.25) is 4.79 Å². The number of aliphatic hydroxyl groups is 1. The second-order valence-corrected chi connectivity index (χ2v) is 5.27. The topological polar surface area (TPSA) is 37.3 Å². The summed E-state index contributed by atoms with van der Waals surface area (Å²) < 4.78 is 40.0. The normalized spacial score (nSPS) is 14.4. The van der Waals surface area contributed by atoms with Gasteiger partial charge in [-0.15, -0.1) is 0 Å². The average Bonchev–Trinajstić information content (AvgIpc) is 2.47. The summed E-state index contributed by atoms with van der Waals surface area (Å²) in [6.45, 7) is 0. The van der Waals surface area contributed by atoms with E-state index in [1.165, 1.54) is 24.3 Å². The second kappa shape index (κ2) is 6.10. The molecule has 0 aromatic heterocycles. The summed E-state index contributed by atoms with van der Waals surface area (Å²) in [5.74, 6) is -0.796. The van der Waals surface area contributed by atoms with Gasteiger partial charge < -0.3 is 5.11 Å². The van der Waals surface area contributed by atoms with Gasteiger partial charge >= 0.3 is 6.18 Å². The molecular weight excluding hydrogens is 317 g/mol. The minimum absolute atomic E-state index is 0.110. The molecule has 0 spiro atoms. The van der Waals surface area contributed by atoms with E-state index in [9.17, 15) is 23.1 Å². The number of ketones is 1. The number of halogens is 4. The predicted molar refractivity (Wildman–Crippen MR) is 76.8 cm³/mol. The van der Waals surface area contributed by atoms with Crippen LogP contribution in [0.15, 0.2) is 54.6 Å². The molecule has 2 aromatic carbocycles. The molecule has 2 nitrogen and oxygen atoms in total. The first-order chi connectivity index (χ1) is 10.2. The molecule has 22 heavy (non-hydrogen) atoms. The van der Waals surface area contributed by atoms with Gasteiger partial charge in [0, 0.05) is 10.6 Å². The minimum atomic E-state index is -4.99. The molecule has 0 fully saturated rings. The minimum Gasteiger partial charge on any atom is -0.376 e. The van der Waals surface area contributed by atoms with Crippen molar-refractivity contribution in [2.24, 2.45) is 0 Å². The Kier molecular flexibility index (Phi) is 4.58. The summed E-state index contributed by atoms with van der Waals surface area (Å²) in [5, 5.41) is 10.4. The number of hydrogen-bond acceptors (Lipinski definition) is 2. The van der Waals surface area contributed by atoms with Gasteiger partial charge in [-0.25, -0.2) is 0 Å². The Bertz CT molecular complexity index is 653. The second-order valence-electron chi connectivity index (χ2n) is 4.83. The van der Waals surface area contributed by atoms with Gasteiger partial charge in [0.05, 0.1) is 6.42 Å². The van der Waals surface area contributed by atoms with E-state index < -0.39 is 29.5 Å². The van der Waals surface area contributed by atoms with Gasteiger partial charge in [-0.2, -0.15) is 13.2 Å². The molecule has 0 aliphatic rings.